The van der Waals surface area contributed by atoms with Crippen molar-refractivity contribution in [3.8, 4) is 0 Å². The molecule has 2 unspecified atom stereocenters. The van der Waals surface area contributed by atoms with E-state index in [1.165, 1.54) is 6.92 Å². The monoisotopic (exact) mass is 274 g/mol. The van der Waals surface area contributed by atoms with Crippen molar-refractivity contribution in [3.63, 3.8) is 0 Å². The number of aryl methyl sites for hydroxylation is 1. The number of benzene rings is 1. The predicted octanol–water partition coefficient (Wildman–Crippen LogP) is 2.32. The van der Waals surface area contributed by atoms with Gasteiger partial charge in [0.2, 0.25) is 0 Å². The summed E-state index contributed by atoms with van der Waals surface area (Å²) in [4.78, 5) is 10.8. The summed E-state index contributed by atoms with van der Waals surface area (Å²) in [6.07, 6.45) is -2.08. The maximum atomic E-state index is 10.8. The highest BCUT2D eigenvalue weighted by atomic mass is 35.5. The highest BCUT2D eigenvalue weighted by Crippen LogP contribution is 2.27. The number of aliphatic hydroxyl groups is 2. The first-order chi connectivity index (χ1) is 7.91. The lowest BCUT2D eigenvalue weighted by atomic mass is 10.0. The van der Waals surface area contributed by atoms with Gasteiger partial charge in [0, 0.05) is 23.3 Å². The van der Waals surface area contributed by atoms with E-state index in [4.69, 9.17) is 11.6 Å². The van der Waals surface area contributed by atoms with Crippen molar-refractivity contribution in [2.45, 2.75) is 26.1 Å². The molecule has 0 heterocycles. The van der Waals surface area contributed by atoms with Gasteiger partial charge in [-0.2, -0.15) is 0 Å². The van der Waals surface area contributed by atoms with Crippen molar-refractivity contribution < 1.29 is 15.0 Å². The first kappa shape index (κ1) is 14.5. The highest BCUT2D eigenvalue weighted by molar-refractivity contribution is 8.13. The molecule has 2 N–H and O–H groups in total. The molecule has 0 saturated heterocycles. The van der Waals surface area contributed by atoms with Gasteiger partial charge in [-0.05, 0) is 18.6 Å². The number of carbonyl (C=O) groups is 1. The van der Waals surface area contributed by atoms with E-state index in [0.717, 1.165) is 17.3 Å². The highest BCUT2D eigenvalue weighted by Gasteiger charge is 2.21. The fourth-order valence-corrected chi connectivity index (χ4v) is 2.31. The molecule has 0 fully saturated rings. The van der Waals surface area contributed by atoms with Gasteiger partial charge in [0.05, 0.1) is 6.10 Å². The molecule has 0 bridgehead atoms. The molecule has 1 aromatic rings. The Morgan fingerprint density at radius 1 is 1.47 bits per heavy atom. The summed E-state index contributed by atoms with van der Waals surface area (Å²) in [5, 5.41) is 20.0. The normalized spacial score (nSPS) is 14.4. The Morgan fingerprint density at radius 3 is 2.65 bits per heavy atom. The lowest BCUT2D eigenvalue weighted by Crippen LogP contribution is -2.21. The first-order valence-corrected chi connectivity index (χ1v) is 6.53. The number of halogens is 1. The predicted molar refractivity (Wildman–Crippen MR) is 70.3 cm³/mol. The van der Waals surface area contributed by atoms with Crippen LogP contribution in [0.1, 0.15) is 24.2 Å². The molecular formula is C12H15ClO3S. The van der Waals surface area contributed by atoms with Gasteiger partial charge in [0.25, 0.3) is 0 Å². The van der Waals surface area contributed by atoms with Gasteiger partial charge in [0.15, 0.2) is 5.12 Å². The third kappa shape index (κ3) is 4.32. The van der Waals surface area contributed by atoms with Gasteiger partial charge in [0.1, 0.15) is 6.10 Å². The summed E-state index contributed by atoms with van der Waals surface area (Å²) in [5.41, 5.74) is 1.47. The van der Waals surface area contributed by atoms with Crippen LogP contribution in [0.15, 0.2) is 18.2 Å². The summed E-state index contributed by atoms with van der Waals surface area (Å²) in [6, 6.07) is 5.23. The van der Waals surface area contributed by atoms with Crippen LogP contribution in [0.2, 0.25) is 5.02 Å². The van der Waals surface area contributed by atoms with Crippen LogP contribution in [-0.4, -0.2) is 27.2 Å². The van der Waals surface area contributed by atoms with E-state index >= 15 is 0 Å². The van der Waals surface area contributed by atoms with Crippen molar-refractivity contribution in [2.75, 3.05) is 5.75 Å². The van der Waals surface area contributed by atoms with Crippen molar-refractivity contribution >= 4 is 28.5 Å². The number of rotatable bonds is 4. The minimum Gasteiger partial charge on any atom is -0.389 e. The van der Waals surface area contributed by atoms with E-state index in [2.05, 4.69) is 0 Å². The molecule has 0 radical (unpaired) electrons. The van der Waals surface area contributed by atoms with Crippen LogP contribution in [0, 0.1) is 6.92 Å². The average molecular weight is 275 g/mol. The zero-order chi connectivity index (χ0) is 13.0. The molecular weight excluding hydrogens is 260 g/mol. The summed E-state index contributed by atoms with van der Waals surface area (Å²) < 4.78 is 0. The summed E-state index contributed by atoms with van der Waals surface area (Å²) >= 11 is 6.97. The van der Waals surface area contributed by atoms with E-state index in [0.29, 0.717) is 10.6 Å². The molecule has 0 aromatic heterocycles. The van der Waals surface area contributed by atoms with Gasteiger partial charge in [-0.15, -0.1) is 0 Å². The zero-order valence-electron chi connectivity index (χ0n) is 9.68. The molecule has 0 aliphatic heterocycles. The smallest absolute Gasteiger partial charge is 0.185 e. The Morgan fingerprint density at radius 2 is 2.12 bits per heavy atom. The Balaban J connectivity index is 2.74. The van der Waals surface area contributed by atoms with E-state index in [1.807, 2.05) is 13.0 Å². The van der Waals surface area contributed by atoms with Gasteiger partial charge in [-0.3, -0.25) is 4.79 Å². The lowest BCUT2D eigenvalue weighted by Gasteiger charge is -2.18. The maximum absolute atomic E-state index is 10.8. The van der Waals surface area contributed by atoms with Crippen LogP contribution >= 0.6 is 23.4 Å². The summed E-state index contributed by atoms with van der Waals surface area (Å²) in [5.74, 6) is 0.153. The number of aliphatic hydroxyl groups excluding tert-OH is 2. The molecule has 2 atom stereocenters. The molecule has 0 aliphatic carbocycles. The second-order valence-electron chi connectivity index (χ2n) is 3.84. The molecule has 3 nitrogen and oxygen atoms in total. The standard InChI is InChI=1S/C12H15ClO3S/c1-7-3-4-9(10(13)5-7)12(16)11(15)6-17-8(2)14/h3-5,11-12,15-16H,6H2,1-2H3. The van der Waals surface area contributed by atoms with Crippen LogP contribution in [0.5, 0.6) is 0 Å². The summed E-state index contributed by atoms with van der Waals surface area (Å²) in [6.45, 7) is 3.31. The number of carbonyl (C=O) groups excluding carboxylic acids is 1. The second-order valence-corrected chi connectivity index (χ2v) is 5.44. The largest absolute Gasteiger partial charge is 0.389 e. The second kappa shape index (κ2) is 6.40. The number of hydrogen-bond acceptors (Lipinski definition) is 4. The fraction of sp³-hybridized carbons (Fsp3) is 0.417. The Kier molecular flexibility index (Phi) is 5.46. The Labute approximate surface area is 110 Å². The molecule has 1 aromatic carbocycles. The van der Waals surface area contributed by atoms with Crippen LogP contribution < -0.4 is 0 Å². The third-order valence-electron chi connectivity index (χ3n) is 2.30. The van der Waals surface area contributed by atoms with Crippen molar-refractivity contribution in [2.24, 2.45) is 0 Å². The van der Waals surface area contributed by atoms with Gasteiger partial charge in [-0.25, -0.2) is 0 Å². The first-order valence-electron chi connectivity index (χ1n) is 5.17. The maximum Gasteiger partial charge on any atom is 0.185 e. The van der Waals surface area contributed by atoms with Gasteiger partial charge in [-0.1, -0.05) is 35.5 Å². The van der Waals surface area contributed by atoms with Crippen molar-refractivity contribution in [1.82, 2.24) is 0 Å². The minimum atomic E-state index is -1.07. The summed E-state index contributed by atoms with van der Waals surface area (Å²) in [7, 11) is 0. The zero-order valence-corrected chi connectivity index (χ0v) is 11.3. The van der Waals surface area contributed by atoms with Crippen LogP contribution in [0.4, 0.5) is 0 Å². The van der Waals surface area contributed by atoms with Gasteiger partial charge >= 0.3 is 0 Å². The molecule has 5 heteroatoms. The Hall–Kier alpha value is -0.550. The molecule has 17 heavy (non-hydrogen) atoms. The lowest BCUT2D eigenvalue weighted by molar-refractivity contribution is -0.109. The SMILES string of the molecule is CC(=O)SCC(O)C(O)c1ccc(C)cc1Cl. The quantitative estimate of drug-likeness (QED) is 0.885. The molecule has 0 amide bonds. The van der Waals surface area contributed by atoms with Crippen LogP contribution in [0.3, 0.4) is 0 Å². The van der Waals surface area contributed by atoms with E-state index < -0.39 is 12.2 Å². The molecule has 0 aliphatic rings. The number of hydrogen-bond donors (Lipinski definition) is 2. The van der Waals surface area contributed by atoms with Gasteiger partial charge < -0.3 is 10.2 Å². The van der Waals surface area contributed by atoms with E-state index in [1.54, 1.807) is 12.1 Å². The number of thioether (sulfide) groups is 1. The molecule has 94 valence electrons. The third-order valence-corrected chi connectivity index (χ3v) is 3.54. The van der Waals surface area contributed by atoms with Crippen molar-refractivity contribution in [1.29, 1.82) is 0 Å². The van der Waals surface area contributed by atoms with E-state index in [-0.39, 0.29) is 10.9 Å². The Bertz CT molecular complexity index is 409. The van der Waals surface area contributed by atoms with E-state index in [9.17, 15) is 15.0 Å². The van der Waals surface area contributed by atoms with Crippen LogP contribution in [0.25, 0.3) is 0 Å². The average Bonchev–Trinajstić information content (AvgIpc) is 2.25. The molecule has 0 saturated carbocycles. The fourth-order valence-electron chi connectivity index (χ4n) is 1.37. The van der Waals surface area contributed by atoms with Crippen molar-refractivity contribution in [3.05, 3.63) is 34.3 Å². The minimum absolute atomic E-state index is 0.0914. The topological polar surface area (TPSA) is 57.5 Å². The molecule has 1 rings (SSSR count). The molecule has 0 spiro atoms. The van der Waals surface area contributed by atoms with Crippen LogP contribution in [-0.2, 0) is 4.79 Å².